The number of carbonyl (C=O) groups is 1. The van der Waals surface area contributed by atoms with E-state index in [1.165, 1.54) is 22.1 Å². The normalized spacial score (nSPS) is 22.3. The van der Waals surface area contributed by atoms with E-state index in [1.54, 1.807) is 14.2 Å². The molecule has 1 aliphatic heterocycles. The first-order valence-corrected chi connectivity index (χ1v) is 8.55. The van der Waals surface area contributed by atoms with Crippen molar-refractivity contribution < 1.29 is 9.53 Å². The van der Waals surface area contributed by atoms with Gasteiger partial charge in [0.1, 0.15) is 0 Å². The lowest BCUT2D eigenvalue weighted by molar-refractivity contribution is -0.123. The molecule has 2 aliphatic rings. The van der Waals surface area contributed by atoms with E-state index in [-0.39, 0.29) is 11.8 Å². The van der Waals surface area contributed by atoms with Crippen LogP contribution in [0.3, 0.4) is 0 Å². The zero-order chi connectivity index (χ0) is 17.7. The quantitative estimate of drug-likeness (QED) is 0.875. The summed E-state index contributed by atoms with van der Waals surface area (Å²) in [4.78, 5) is 14.5. The van der Waals surface area contributed by atoms with Crippen LogP contribution in [0.25, 0.3) is 22.4 Å². The average molecular weight is 337 g/mol. The van der Waals surface area contributed by atoms with Gasteiger partial charge in [0.15, 0.2) is 5.88 Å². The van der Waals surface area contributed by atoms with E-state index >= 15 is 0 Å². The number of fused-ring (bicyclic) bond motifs is 2. The Hall–Kier alpha value is -2.53. The van der Waals surface area contributed by atoms with Crippen LogP contribution >= 0.6 is 0 Å². The third-order valence-corrected chi connectivity index (χ3v) is 5.48. The summed E-state index contributed by atoms with van der Waals surface area (Å²) in [6.45, 7) is 4.75. The molecule has 130 valence electrons. The number of hydrogen-bond acceptors (Lipinski definition) is 3. The van der Waals surface area contributed by atoms with Crippen molar-refractivity contribution >= 4 is 28.3 Å². The van der Waals surface area contributed by atoms with Gasteiger partial charge in [0.2, 0.25) is 5.91 Å². The van der Waals surface area contributed by atoms with E-state index < -0.39 is 0 Å². The maximum atomic E-state index is 12.2. The largest absolute Gasteiger partial charge is 0.482 e. The number of carbonyl (C=O) groups excluding carboxylic acids is 1. The van der Waals surface area contributed by atoms with E-state index in [1.807, 2.05) is 4.57 Å². The molecule has 2 unspecified atom stereocenters. The second-order valence-corrected chi connectivity index (χ2v) is 6.82. The van der Waals surface area contributed by atoms with E-state index in [0.29, 0.717) is 11.9 Å². The number of benzene rings is 1. The van der Waals surface area contributed by atoms with Crippen LogP contribution in [0.1, 0.15) is 11.1 Å². The molecule has 0 saturated carbocycles. The van der Waals surface area contributed by atoms with E-state index in [2.05, 4.69) is 54.3 Å². The highest BCUT2D eigenvalue weighted by Crippen LogP contribution is 2.42. The van der Waals surface area contributed by atoms with Gasteiger partial charge in [0.05, 0.1) is 18.5 Å². The third-order valence-electron chi connectivity index (χ3n) is 5.48. The van der Waals surface area contributed by atoms with Crippen molar-refractivity contribution in [2.75, 3.05) is 27.7 Å². The highest BCUT2D eigenvalue weighted by atomic mass is 16.5. The van der Waals surface area contributed by atoms with Crippen LogP contribution in [0.4, 0.5) is 0 Å². The second kappa shape index (κ2) is 5.77. The number of likely N-dealkylation sites (N-methyl/N-ethyl adjacent to an activating group) is 1. The van der Waals surface area contributed by atoms with Gasteiger partial charge in [-0.05, 0) is 42.8 Å². The Morgan fingerprint density at radius 3 is 2.92 bits per heavy atom. The van der Waals surface area contributed by atoms with Crippen molar-refractivity contribution in [2.24, 2.45) is 5.92 Å². The van der Waals surface area contributed by atoms with Gasteiger partial charge in [0.25, 0.3) is 0 Å². The van der Waals surface area contributed by atoms with Gasteiger partial charge in [-0.1, -0.05) is 18.2 Å². The molecular formula is C20H23N3O2. The number of rotatable bonds is 3. The second-order valence-electron chi connectivity index (χ2n) is 6.82. The van der Waals surface area contributed by atoms with Gasteiger partial charge in [-0.15, -0.1) is 0 Å². The summed E-state index contributed by atoms with van der Waals surface area (Å²) in [5, 5.41) is 4.02. The lowest BCUT2D eigenvalue weighted by atomic mass is 9.80. The molecule has 0 radical (unpaired) electrons. The Kier molecular flexibility index (Phi) is 3.69. The molecule has 1 amide bonds. The van der Waals surface area contributed by atoms with Crippen molar-refractivity contribution in [1.29, 1.82) is 0 Å². The molecule has 25 heavy (non-hydrogen) atoms. The smallest absolute Gasteiger partial charge is 0.227 e. The molecule has 0 fully saturated rings. The first-order chi connectivity index (χ1) is 12.0. The van der Waals surface area contributed by atoms with Crippen LogP contribution in [0.2, 0.25) is 0 Å². The first kappa shape index (κ1) is 16.0. The van der Waals surface area contributed by atoms with Gasteiger partial charge in [-0.25, -0.2) is 0 Å². The molecule has 1 aromatic heterocycles. The summed E-state index contributed by atoms with van der Waals surface area (Å²) in [6, 6.07) is 6.61. The maximum Gasteiger partial charge on any atom is 0.227 e. The molecule has 1 aromatic carbocycles. The Balaban J connectivity index is 1.92. The molecule has 0 bridgehead atoms. The van der Waals surface area contributed by atoms with Crippen LogP contribution in [-0.4, -0.2) is 49.2 Å². The van der Waals surface area contributed by atoms with Gasteiger partial charge >= 0.3 is 0 Å². The molecule has 4 rings (SSSR count). The minimum atomic E-state index is -0.117. The Labute approximate surface area is 147 Å². The zero-order valence-corrected chi connectivity index (χ0v) is 14.9. The SMILES string of the molecule is C=C(OC)n1cc2c3c(cccc31)C1=CC(C(=O)NC)CN(C)C1C2. The molecule has 2 aromatic rings. The first-order valence-electron chi connectivity index (χ1n) is 8.55. The van der Waals surface area contributed by atoms with Crippen molar-refractivity contribution in [3.8, 4) is 0 Å². The van der Waals surface area contributed by atoms with Gasteiger partial charge in [0, 0.05) is 31.2 Å². The molecule has 0 spiro atoms. The van der Waals surface area contributed by atoms with Crippen LogP contribution in [0.5, 0.6) is 0 Å². The zero-order valence-electron chi connectivity index (χ0n) is 14.9. The third kappa shape index (κ3) is 2.30. The minimum Gasteiger partial charge on any atom is -0.482 e. The minimum absolute atomic E-state index is 0.0705. The summed E-state index contributed by atoms with van der Waals surface area (Å²) < 4.78 is 7.37. The van der Waals surface area contributed by atoms with Crippen molar-refractivity contribution in [3.63, 3.8) is 0 Å². The number of aromatic nitrogens is 1. The topological polar surface area (TPSA) is 46.5 Å². The van der Waals surface area contributed by atoms with Crippen molar-refractivity contribution in [1.82, 2.24) is 14.8 Å². The fourth-order valence-corrected chi connectivity index (χ4v) is 4.21. The van der Waals surface area contributed by atoms with Crippen molar-refractivity contribution in [2.45, 2.75) is 12.5 Å². The predicted molar refractivity (Wildman–Crippen MR) is 99.9 cm³/mol. The number of amides is 1. The van der Waals surface area contributed by atoms with E-state index in [9.17, 15) is 4.79 Å². The molecule has 1 aliphatic carbocycles. The average Bonchev–Trinajstić information content (AvgIpc) is 3.01. The maximum absolute atomic E-state index is 12.2. The standard InChI is InChI=1S/C20H23N3O2/c1-12(25-4)23-11-13-9-18-16(15-6-5-7-17(23)19(13)15)8-14(10-22(18)3)20(24)21-2/h5-8,11,14,18H,1,9-10H2,2-4H3,(H,21,24). The predicted octanol–water partition coefficient (Wildman–Crippen LogP) is 2.33. The molecular weight excluding hydrogens is 314 g/mol. The molecule has 1 N–H and O–H groups in total. The molecule has 2 atom stereocenters. The molecule has 5 heteroatoms. The van der Waals surface area contributed by atoms with Crippen LogP contribution in [0, 0.1) is 5.92 Å². The Bertz CT molecular complexity index is 909. The van der Waals surface area contributed by atoms with Crippen LogP contribution in [-0.2, 0) is 16.0 Å². The fourth-order valence-electron chi connectivity index (χ4n) is 4.21. The Morgan fingerprint density at radius 1 is 1.40 bits per heavy atom. The van der Waals surface area contributed by atoms with E-state index in [4.69, 9.17) is 4.74 Å². The van der Waals surface area contributed by atoms with Crippen LogP contribution in [0.15, 0.2) is 37.1 Å². The number of methoxy groups -OCH3 is 1. The molecule has 5 nitrogen and oxygen atoms in total. The molecule has 2 heterocycles. The highest BCUT2D eigenvalue weighted by Gasteiger charge is 2.35. The van der Waals surface area contributed by atoms with Gasteiger partial charge in [-0.2, -0.15) is 0 Å². The molecule has 0 saturated heterocycles. The lowest BCUT2D eigenvalue weighted by Crippen LogP contribution is -2.46. The van der Waals surface area contributed by atoms with Gasteiger partial charge in [-0.3, -0.25) is 14.3 Å². The summed E-state index contributed by atoms with van der Waals surface area (Å²) in [5.41, 5.74) is 4.87. The van der Waals surface area contributed by atoms with E-state index in [0.717, 1.165) is 18.5 Å². The summed E-state index contributed by atoms with van der Waals surface area (Å²) in [5.74, 6) is 0.569. The lowest BCUT2D eigenvalue weighted by Gasteiger charge is -2.39. The summed E-state index contributed by atoms with van der Waals surface area (Å²) >= 11 is 0. The van der Waals surface area contributed by atoms with Gasteiger partial charge < -0.3 is 10.1 Å². The fraction of sp³-hybridized carbons (Fsp3) is 0.350. The number of hydrogen-bond donors (Lipinski definition) is 1. The Morgan fingerprint density at radius 2 is 2.20 bits per heavy atom. The summed E-state index contributed by atoms with van der Waals surface area (Å²) in [7, 11) is 5.44. The van der Waals surface area contributed by atoms with Crippen LogP contribution < -0.4 is 5.32 Å². The summed E-state index contributed by atoms with van der Waals surface area (Å²) in [6.07, 6.45) is 5.22. The number of ether oxygens (including phenoxy) is 1. The highest BCUT2D eigenvalue weighted by molar-refractivity contribution is 6.00. The number of nitrogens with zero attached hydrogens (tertiary/aromatic N) is 2. The number of nitrogens with one attached hydrogen (secondary N) is 1. The van der Waals surface area contributed by atoms with Crippen molar-refractivity contribution in [3.05, 3.63) is 48.2 Å². The monoisotopic (exact) mass is 337 g/mol.